The molecule has 100 valence electrons. The first kappa shape index (κ1) is 13.6. The molecular formula is C12H12ClN3O2S. The molecule has 5 nitrogen and oxygen atoms in total. The fourth-order valence-electron chi connectivity index (χ4n) is 1.48. The van der Waals surface area contributed by atoms with Gasteiger partial charge in [-0.3, -0.25) is 9.71 Å². The summed E-state index contributed by atoms with van der Waals surface area (Å²) >= 11 is 5.77. The molecule has 2 aromatic rings. The third kappa shape index (κ3) is 2.97. The molecule has 0 saturated heterocycles. The molecule has 0 saturated carbocycles. The van der Waals surface area contributed by atoms with Crippen LogP contribution in [0.5, 0.6) is 0 Å². The Balaban J connectivity index is 2.38. The molecule has 19 heavy (non-hydrogen) atoms. The number of hydrogen-bond donors (Lipinski definition) is 2. The number of aromatic nitrogens is 1. The Bertz CT molecular complexity index is 717. The maximum atomic E-state index is 12.2. The molecule has 3 N–H and O–H groups in total. The summed E-state index contributed by atoms with van der Waals surface area (Å²) in [5.41, 5.74) is 6.84. The van der Waals surface area contributed by atoms with Crippen molar-refractivity contribution in [3.63, 3.8) is 0 Å². The Kier molecular flexibility index (Phi) is 3.64. The summed E-state index contributed by atoms with van der Waals surface area (Å²) in [6, 6.07) is 7.45. The number of nitrogens with two attached hydrogens (primary N) is 1. The Morgan fingerprint density at radius 3 is 2.68 bits per heavy atom. The number of halogens is 1. The highest BCUT2D eigenvalue weighted by atomic mass is 35.5. The summed E-state index contributed by atoms with van der Waals surface area (Å²) < 4.78 is 26.8. The second kappa shape index (κ2) is 5.07. The maximum absolute atomic E-state index is 12.2. The quantitative estimate of drug-likeness (QED) is 0.852. The van der Waals surface area contributed by atoms with E-state index in [0.717, 1.165) is 0 Å². The van der Waals surface area contributed by atoms with Crippen molar-refractivity contribution in [3.8, 4) is 0 Å². The maximum Gasteiger partial charge on any atom is 0.262 e. The molecule has 0 amide bonds. The first-order valence-electron chi connectivity index (χ1n) is 5.39. The lowest BCUT2D eigenvalue weighted by Crippen LogP contribution is -2.14. The SMILES string of the molecule is Cc1ncccc1NS(=O)(=O)c1ccc(Cl)c(N)c1. The molecule has 0 radical (unpaired) electrons. The standard InChI is InChI=1S/C12H12ClN3O2S/c1-8-12(3-2-6-15-8)16-19(17,18)9-4-5-10(13)11(14)7-9/h2-7,16H,14H2,1H3. The van der Waals surface area contributed by atoms with Crippen molar-refractivity contribution < 1.29 is 8.42 Å². The summed E-state index contributed by atoms with van der Waals surface area (Å²) in [5, 5.41) is 0.316. The molecule has 0 fully saturated rings. The summed E-state index contributed by atoms with van der Waals surface area (Å²) in [4.78, 5) is 4.07. The van der Waals surface area contributed by atoms with Gasteiger partial charge in [-0.15, -0.1) is 0 Å². The number of pyridine rings is 1. The van der Waals surface area contributed by atoms with Crippen LogP contribution in [0.3, 0.4) is 0 Å². The van der Waals surface area contributed by atoms with Gasteiger partial charge in [0.15, 0.2) is 0 Å². The van der Waals surface area contributed by atoms with E-state index in [1.54, 1.807) is 25.3 Å². The van der Waals surface area contributed by atoms with Crippen LogP contribution >= 0.6 is 11.6 Å². The first-order chi connectivity index (χ1) is 8.90. The van der Waals surface area contributed by atoms with Gasteiger partial charge in [0.05, 0.1) is 27.0 Å². The van der Waals surface area contributed by atoms with Crippen LogP contribution in [-0.2, 0) is 10.0 Å². The van der Waals surface area contributed by atoms with Crippen LogP contribution in [0.4, 0.5) is 11.4 Å². The van der Waals surface area contributed by atoms with Gasteiger partial charge in [0.2, 0.25) is 0 Å². The number of nitrogens with one attached hydrogen (secondary N) is 1. The molecular weight excluding hydrogens is 286 g/mol. The van der Waals surface area contributed by atoms with Crippen molar-refractivity contribution in [1.82, 2.24) is 4.98 Å². The summed E-state index contributed by atoms with van der Waals surface area (Å²) in [6.45, 7) is 1.72. The molecule has 0 spiro atoms. The third-order valence-corrected chi connectivity index (χ3v) is 4.24. The van der Waals surface area contributed by atoms with E-state index in [4.69, 9.17) is 17.3 Å². The van der Waals surface area contributed by atoms with Crippen molar-refractivity contribution in [1.29, 1.82) is 0 Å². The molecule has 0 aliphatic rings. The van der Waals surface area contributed by atoms with Crippen molar-refractivity contribution in [3.05, 3.63) is 47.2 Å². The molecule has 0 unspecified atom stereocenters. The molecule has 0 bridgehead atoms. The highest BCUT2D eigenvalue weighted by Crippen LogP contribution is 2.24. The number of benzene rings is 1. The van der Waals surface area contributed by atoms with Gasteiger partial charge < -0.3 is 5.73 Å². The lowest BCUT2D eigenvalue weighted by Gasteiger charge is -2.10. The van der Waals surface area contributed by atoms with E-state index in [9.17, 15) is 8.42 Å². The molecule has 1 aromatic carbocycles. The molecule has 2 rings (SSSR count). The Hall–Kier alpha value is -1.79. The zero-order chi connectivity index (χ0) is 14.0. The number of nitrogen functional groups attached to an aromatic ring is 1. The van der Waals surface area contributed by atoms with E-state index in [1.165, 1.54) is 18.2 Å². The minimum absolute atomic E-state index is 0.0534. The second-order valence-corrected chi connectivity index (χ2v) is 6.01. The van der Waals surface area contributed by atoms with Gasteiger partial charge in [0, 0.05) is 6.20 Å². The largest absolute Gasteiger partial charge is 0.397 e. The van der Waals surface area contributed by atoms with Crippen LogP contribution in [-0.4, -0.2) is 13.4 Å². The van der Waals surface area contributed by atoms with Crippen LogP contribution in [0.15, 0.2) is 41.4 Å². The van der Waals surface area contributed by atoms with E-state index in [-0.39, 0.29) is 10.6 Å². The molecule has 1 aromatic heterocycles. The summed E-state index contributed by atoms with van der Waals surface area (Å²) in [5.74, 6) is 0. The van der Waals surface area contributed by atoms with Gasteiger partial charge in [-0.2, -0.15) is 0 Å². The van der Waals surface area contributed by atoms with Gasteiger partial charge >= 0.3 is 0 Å². The van der Waals surface area contributed by atoms with E-state index in [0.29, 0.717) is 16.4 Å². The minimum atomic E-state index is -3.70. The smallest absolute Gasteiger partial charge is 0.262 e. The molecule has 0 atom stereocenters. The molecule has 0 aliphatic heterocycles. The Morgan fingerprint density at radius 1 is 1.32 bits per heavy atom. The van der Waals surface area contributed by atoms with Gasteiger partial charge in [-0.25, -0.2) is 8.42 Å². The highest BCUT2D eigenvalue weighted by molar-refractivity contribution is 7.92. The lowest BCUT2D eigenvalue weighted by atomic mass is 10.3. The van der Waals surface area contributed by atoms with Crippen LogP contribution < -0.4 is 10.5 Å². The summed E-state index contributed by atoms with van der Waals surface area (Å²) in [7, 11) is -3.70. The Morgan fingerprint density at radius 2 is 2.05 bits per heavy atom. The van der Waals surface area contributed by atoms with Crippen LogP contribution in [0.25, 0.3) is 0 Å². The van der Waals surface area contributed by atoms with E-state index < -0.39 is 10.0 Å². The van der Waals surface area contributed by atoms with E-state index in [2.05, 4.69) is 9.71 Å². The zero-order valence-corrected chi connectivity index (χ0v) is 11.7. The first-order valence-corrected chi connectivity index (χ1v) is 7.26. The molecule has 0 aliphatic carbocycles. The second-order valence-electron chi connectivity index (χ2n) is 3.93. The minimum Gasteiger partial charge on any atom is -0.397 e. The topological polar surface area (TPSA) is 85.1 Å². The normalized spacial score (nSPS) is 11.3. The van der Waals surface area contributed by atoms with Crippen LogP contribution in [0.1, 0.15) is 5.69 Å². The van der Waals surface area contributed by atoms with Gasteiger partial charge in [0.1, 0.15) is 0 Å². The van der Waals surface area contributed by atoms with Crippen molar-refractivity contribution in [2.24, 2.45) is 0 Å². The predicted molar refractivity (Wildman–Crippen MR) is 75.6 cm³/mol. The third-order valence-electron chi connectivity index (χ3n) is 2.53. The lowest BCUT2D eigenvalue weighted by molar-refractivity contribution is 0.601. The molecule has 7 heteroatoms. The number of aryl methyl sites for hydroxylation is 1. The average molecular weight is 298 g/mol. The monoisotopic (exact) mass is 297 g/mol. The van der Waals surface area contributed by atoms with Gasteiger partial charge in [-0.05, 0) is 37.3 Å². The van der Waals surface area contributed by atoms with E-state index >= 15 is 0 Å². The molecule has 1 heterocycles. The fourth-order valence-corrected chi connectivity index (χ4v) is 2.75. The van der Waals surface area contributed by atoms with E-state index in [1.807, 2.05) is 0 Å². The average Bonchev–Trinajstić information content (AvgIpc) is 2.35. The van der Waals surface area contributed by atoms with Crippen molar-refractivity contribution in [2.75, 3.05) is 10.5 Å². The predicted octanol–water partition coefficient (Wildman–Crippen LogP) is 2.43. The van der Waals surface area contributed by atoms with Crippen LogP contribution in [0.2, 0.25) is 5.02 Å². The zero-order valence-electron chi connectivity index (χ0n) is 10.1. The number of anilines is 2. The number of sulfonamides is 1. The highest BCUT2D eigenvalue weighted by Gasteiger charge is 2.16. The van der Waals surface area contributed by atoms with Gasteiger partial charge in [-0.1, -0.05) is 11.6 Å². The van der Waals surface area contributed by atoms with Crippen molar-refractivity contribution >= 4 is 33.0 Å². The van der Waals surface area contributed by atoms with Gasteiger partial charge in [0.25, 0.3) is 10.0 Å². The number of rotatable bonds is 3. The van der Waals surface area contributed by atoms with Crippen molar-refractivity contribution in [2.45, 2.75) is 11.8 Å². The number of hydrogen-bond acceptors (Lipinski definition) is 4. The van der Waals surface area contributed by atoms with Crippen LogP contribution in [0, 0.1) is 6.92 Å². The fraction of sp³-hybridized carbons (Fsp3) is 0.0833. The Labute approximate surface area is 116 Å². The number of nitrogens with zero attached hydrogens (tertiary/aromatic N) is 1. The summed E-state index contributed by atoms with van der Waals surface area (Å²) in [6.07, 6.45) is 1.59.